The van der Waals surface area contributed by atoms with Crippen LogP contribution in [0.15, 0.2) is 79.0 Å². The van der Waals surface area contributed by atoms with Crippen molar-refractivity contribution in [2.45, 2.75) is 26.1 Å². The third kappa shape index (κ3) is 5.36. The van der Waals surface area contributed by atoms with Crippen molar-refractivity contribution in [3.05, 3.63) is 95.7 Å². The van der Waals surface area contributed by atoms with Gasteiger partial charge >= 0.3 is 18.1 Å². The fourth-order valence-corrected chi connectivity index (χ4v) is 4.71. The first-order valence-electron chi connectivity index (χ1n) is 12.5. The van der Waals surface area contributed by atoms with Gasteiger partial charge in [0.05, 0.1) is 34.2 Å². The summed E-state index contributed by atoms with van der Waals surface area (Å²) >= 11 is 0. The van der Waals surface area contributed by atoms with E-state index < -0.39 is 23.7 Å². The summed E-state index contributed by atoms with van der Waals surface area (Å²) < 4.78 is 45.4. The number of hydrogen-bond acceptors (Lipinski definition) is 4. The molecule has 0 aliphatic heterocycles. The van der Waals surface area contributed by atoms with Gasteiger partial charge in [-0.1, -0.05) is 30.3 Å². The summed E-state index contributed by atoms with van der Waals surface area (Å²) in [6.07, 6.45) is -3.89. The molecule has 0 radical (unpaired) electrons. The summed E-state index contributed by atoms with van der Waals surface area (Å²) in [4.78, 5) is 31.3. The fourth-order valence-electron chi connectivity index (χ4n) is 4.71. The van der Waals surface area contributed by atoms with Gasteiger partial charge in [0.25, 0.3) is 0 Å². The van der Waals surface area contributed by atoms with E-state index in [0.717, 1.165) is 12.3 Å². The van der Waals surface area contributed by atoms with Crippen molar-refractivity contribution in [2.75, 3.05) is 0 Å². The van der Waals surface area contributed by atoms with E-state index >= 15 is 0 Å². The Balaban J connectivity index is 1.78. The number of hydrogen-bond donors (Lipinski definition) is 3. The Morgan fingerprint density at radius 1 is 0.854 bits per heavy atom. The molecule has 5 aromatic rings. The standard InChI is InChI=1S/C31H23F3N2O5/c1-16(2)41-21-10-7-17(8-11-21)25-22(23-13-9-20(15-35-23)31(32,33)34)12-14-24-26(25)27(30(39)40)28(36-24)18-3-5-19(6-4-18)29(37)38/h3-16,36H,1-2H3,(H,37,38)(H,39,40). The van der Waals surface area contributed by atoms with Crippen molar-refractivity contribution in [2.24, 2.45) is 0 Å². The smallest absolute Gasteiger partial charge is 0.417 e. The Bertz CT molecular complexity index is 1760. The Kier molecular flexibility index (Phi) is 7.00. The number of nitrogens with zero attached hydrogens (tertiary/aromatic N) is 1. The molecule has 7 nitrogen and oxygen atoms in total. The molecule has 208 valence electrons. The molecule has 0 unspecified atom stereocenters. The van der Waals surface area contributed by atoms with Crippen molar-refractivity contribution in [1.82, 2.24) is 9.97 Å². The Hall–Kier alpha value is -5.12. The zero-order valence-corrected chi connectivity index (χ0v) is 21.8. The first-order chi connectivity index (χ1) is 19.4. The van der Waals surface area contributed by atoms with E-state index in [4.69, 9.17) is 4.74 Å². The summed E-state index contributed by atoms with van der Waals surface area (Å²) in [7, 11) is 0. The second-order valence-electron chi connectivity index (χ2n) is 9.59. The quantitative estimate of drug-likeness (QED) is 0.188. The van der Waals surface area contributed by atoms with E-state index in [-0.39, 0.29) is 28.6 Å². The maximum absolute atomic E-state index is 13.2. The number of alkyl halides is 3. The highest BCUT2D eigenvalue weighted by molar-refractivity contribution is 6.17. The van der Waals surface area contributed by atoms with Crippen LogP contribution in [0.5, 0.6) is 5.75 Å². The van der Waals surface area contributed by atoms with Crippen molar-refractivity contribution in [3.63, 3.8) is 0 Å². The van der Waals surface area contributed by atoms with Gasteiger partial charge in [-0.2, -0.15) is 13.2 Å². The van der Waals surface area contributed by atoms with Crippen LogP contribution in [-0.4, -0.2) is 38.2 Å². The predicted molar refractivity (Wildman–Crippen MR) is 147 cm³/mol. The van der Waals surface area contributed by atoms with Gasteiger partial charge in [0.15, 0.2) is 0 Å². The molecule has 0 bridgehead atoms. The largest absolute Gasteiger partial charge is 0.491 e. The van der Waals surface area contributed by atoms with Crippen LogP contribution >= 0.6 is 0 Å². The van der Waals surface area contributed by atoms with Gasteiger partial charge in [0.1, 0.15) is 5.75 Å². The lowest BCUT2D eigenvalue weighted by molar-refractivity contribution is -0.137. The minimum absolute atomic E-state index is 0.0433. The highest BCUT2D eigenvalue weighted by atomic mass is 19.4. The van der Waals surface area contributed by atoms with Crippen LogP contribution in [0, 0.1) is 0 Å². The first-order valence-corrected chi connectivity index (χ1v) is 12.5. The molecule has 5 rings (SSSR count). The normalized spacial score (nSPS) is 11.7. The number of nitrogens with one attached hydrogen (secondary N) is 1. The number of aromatic carboxylic acids is 2. The minimum atomic E-state index is -4.56. The van der Waals surface area contributed by atoms with Crippen LogP contribution in [-0.2, 0) is 6.18 Å². The van der Waals surface area contributed by atoms with Crippen LogP contribution in [0.4, 0.5) is 13.2 Å². The summed E-state index contributed by atoms with van der Waals surface area (Å²) in [6.45, 7) is 3.76. The van der Waals surface area contributed by atoms with Crippen LogP contribution in [0.3, 0.4) is 0 Å². The molecule has 0 aliphatic carbocycles. The fraction of sp³-hybridized carbons (Fsp3) is 0.129. The predicted octanol–water partition coefficient (Wildman–Crippen LogP) is 7.77. The average Bonchev–Trinajstić information content (AvgIpc) is 3.32. The van der Waals surface area contributed by atoms with E-state index in [1.165, 1.54) is 30.3 Å². The maximum Gasteiger partial charge on any atom is 0.417 e. The number of aromatic amines is 1. The molecule has 2 heterocycles. The molecule has 0 atom stereocenters. The second kappa shape index (κ2) is 10.5. The van der Waals surface area contributed by atoms with E-state index in [9.17, 15) is 33.0 Å². The molecule has 0 spiro atoms. The average molecular weight is 561 g/mol. The van der Waals surface area contributed by atoms with Gasteiger partial charge in [-0.15, -0.1) is 0 Å². The Labute approximate surface area is 231 Å². The summed E-state index contributed by atoms with van der Waals surface area (Å²) in [5.41, 5.74) is 1.93. The third-order valence-electron chi connectivity index (χ3n) is 6.48. The summed E-state index contributed by atoms with van der Waals surface area (Å²) in [6, 6.07) is 18.2. The van der Waals surface area contributed by atoms with Crippen LogP contribution in [0.1, 0.15) is 40.1 Å². The lowest BCUT2D eigenvalue weighted by Crippen LogP contribution is -2.05. The topological polar surface area (TPSA) is 113 Å². The SMILES string of the molecule is CC(C)Oc1ccc(-c2c(-c3ccc(C(F)(F)F)cn3)ccc3[nH]c(-c4ccc(C(=O)O)cc4)c(C(=O)O)c23)cc1. The van der Waals surface area contributed by atoms with Gasteiger partial charge in [-0.05, 0) is 67.4 Å². The molecular weight excluding hydrogens is 537 g/mol. The van der Waals surface area contributed by atoms with Crippen LogP contribution < -0.4 is 4.74 Å². The first kappa shape index (κ1) is 27.4. The zero-order chi connectivity index (χ0) is 29.5. The number of carboxylic acid groups (broad SMARTS) is 2. The number of aromatic nitrogens is 2. The highest BCUT2D eigenvalue weighted by Crippen LogP contribution is 2.43. The third-order valence-corrected chi connectivity index (χ3v) is 6.48. The van der Waals surface area contributed by atoms with Crippen molar-refractivity contribution in [3.8, 4) is 39.4 Å². The van der Waals surface area contributed by atoms with Crippen molar-refractivity contribution < 1.29 is 37.7 Å². The van der Waals surface area contributed by atoms with Crippen molar-refractivity contribution in [1.29, 1.82) is 0 Å². The molecule has 3 N–H and O–H groups in total. The molecule has 0 saturated carbocycles. The van der Waals surface area contributed by atoms with Crippen LogP contribution in [0.2, 0.25) is 0 Å². The Morgan fingerprint density at radius 3 is 2.05 bits per heavy atom. The molecule has 0 aliphatic rings. The number of carboxylic acids is 2. The van der Waals surface area contributed by atoms with E-state index in [1.54, 1.807) is 36.4 Å². The monoisotopic (exact) mass is 560 g/mol. The van der Waals surface area contributed by atoms with Crippen molar-refractivity contribution >= 4 is 22.8 Å². The number of benzene rings is 3. The number of fused-ring (bicyclic) bond motifs is 1. The zero-order valence-electron chi connectivity index (χ0n) is 21.8. The maximum atomic E-state index is 13.2. The van der Waals surface area contributed by atoms with Gasteiger partial charge in [0.2, 0.25) is 0 Å². The van der Waals surface area contributed by atoms with Gasteiger partial charge in [-0.25, -0.2) is 9.59 Å². The number of halogens is 3. The molecule has 41 heavy (non-hydrogen) atoms. The molecule has 3 aromatic carbocycles. The molecule has 0 saturated heterocycles. The van der Waals surface area contributed by atoms with E-state index in [2.05, 4.69) is 9.97 Å². The number of H-pyrrole nitrogens is 1. The number of carbonyl (C=O) groups is 2. The minimum Gasteiger partial charge on any atom is -0.491 e. The lowest BCUT2D eigenvalue weighted by atomic mass is 9.91. The highest BCUT2D eigenvalue weighted by Gasteiger charge is 2.31. The second-order valence-corrected chi connectivity index (χ2v) is 9.59. The number of ether oxygens (including phenoxy) is 1. The van der Waals surface area contributed by atoms with Gasteiger partial charge < -0.3 is 19.9 Å². The molecule has 0 amide bonds. The van der Waals surface area contributed by atoms with E-state index in [1.807, 2.05) is 13.8 Å². The molecule has 0 fully saturated rings. The summed E-state index contributed by atoms with van der Waals surface area (Å²) in [5.74, 6) is -1.77. The number of rotatable bonds is 7. The lowest BCUT2D eigenvalue weighted by Gasteiger charge is -2.15. The van der Waals surface area contributed by atoms with Gasteiger partial charge in [0, 0.05) is 28.2 Å². The van der Waals surface area contributed by atoms with Gasteiger partial charge in [-0.3, -0.25) is 4.98 Å². The number of pyridine rings is 1. The molecular formula is C31H23F3N2O5. The Morgan fingerprint density at radius 2 is 1.51 bits per heavy atom. The van der Waals surface area contributed by atoms with Crippen LogP contribution in [0.25, 0.3) is 44.5 Å². The molecule has 10 heteroatoms. The summed E-state index contributed by atoms with van der Waals surface area (Å²) in [5, 5.41) is 20.0. The molecule has 2 aromatic heterocycles. The van der Waals surface area contributed by atoms with E-state index in [0.29, 0.717) is 38.9 Å².